The van der Waals surface area contributed by atoms with Crippen LogP contribution in [-0.2, 0) is 0 Å². The number of carbonyl (C=O) groups excluding carboxylic acids is 1. The summed E-state index contributed by atoms with van der Waals surface area (Å²) in [6, 6.07) is 9.35. The first-order chi connectivity index (χ1) is 10.5. The van der Waals surface area contributed by atoms with Crippen LogP contribution < -0.4 is 16.4 Å². The summed E-state index contributed by atoms with van der Waals surface area (Å²) in [6.45, 7) is 4.82. The highest BCUT2D eigenvalue weighted by molar-refractivity contribution is 5.92. The number of aryl methyl sites for hydroxylation is 2. The number of guanidine groups is 1. The molecule has 0 aliphatic carbocycles. The number of hydrogen-bond acceptors (Lipinski definition) is 3. The Morgan fingerprint density at radius 1 is 1.27 bits per heavy atom. The number of carbonyl (C=O) groups is 1. The minimum absolute atomic E-state index is 0.263. The summed E-state index contributed by atoms with van der Waals surface area (Å²) in [4.78, 5) is 15.8. The first kappa shape index (κ1) is 15.6. The second kappa shape index (κ2) is 7.31. The first-order valence-corrected chi connectivity index (χ1v) is 7.01. The van der Waals surface area contributed by atoms with E-state index in [9.17, 15) is 4.79 Å². The second-order valence-electron chi connectivity index (χ2n) is 5.00. The van der Waals surface area contributed by atoms with E-state index in [1.54, 1.807) is 12.1 Å². The van der Waals surface area contributed by atoms with Crippen molar-refractivity contribution in [3.63, 3.8) is 0 Å². The van der Waals surface area contributed by atoms with Crippen LogP contribution in [0.3, 0.4) is 0 Å². The molecule has 0 aliphatic heterocycles. The normalized spacial score (nSPS) is 11.3. The largest absolute Gasteiger partial charge is 0.459 e. The van der Waals surface area contributed by atoms with Gasteiger partial charge in [0, 0.05) is 12.2 Å². The second-order valence-corrected chi connectivity index (χ2v) is 5.00. The van der Waals surface area contributed by atoms with E-state index in [-0.39, 0.29) is 11.7 Å². The van der Waals surface area contributed by atoms with Crippen molar-refractivity contribution >= 4 is 17.6 Å². The Balaban J connectivity index is 1.79. The van der Waals surface area contributed by atoms with E-state index in [0.717, 1.165) is 16.8 Å². The number of nitrogens with zero attached hydrogens (tertiary/aromatic N) is 1. The molecule has 0 bridgehead atoms. The topological polar surface area (TPSA) is 92.6 Å². The Morgan fingerprint density at radius 3 is 2.64 bits per heavy atom. The Labute approximate surface area is 129 Å². The standard InChI is InChI=1S/C16H20N4O2/c1-11-8-12(2)10-13(9-11)20-16(17)19-6-5-18-15(21)14-4-3-7-22-14/h3-4,7-10H,5-6H2,1-2H3,(H,18,21)(H3,17,19,20). The van der Waals surface area contributed by atoms with Gasteiger partial charge in [-0.15, -0.1) is 0 Å². The molecule has 6 heteroatoms. The lowest BCUT2D eigenvalue weighted by molar-refractivity contribution is 0.0927. The van der Waals surface area contributed by atoms with Crippen LogP contribution >= 0.6 is 0 Å². The average Bonchev–Trinajstić information content (AvgIpc) is 2.96. The summed E-state index contributed by atoms with van der Waals surface area (Å²) >= 11 is 0. The van der Waals surface area contributed by atoms with Crippen molar-refractivity contribution in [1.82, 2.24) is 5.32 Å². The zero-order chi connectivity index (χ0) is 15.9. The number of nitrogens with two attached hydrogens (primary N) is 1. The lowest BCUT2D eigenvalue weighted by atomic mass is 10.1. The third-order valence-corrected chi connectivity index (χ3v) is 2.92. The highest BCUT2D eigenvalue weighted by atomic mass is 16.3. The van der Waals surface area contributed by atoms with E-state index in [1.165, 1.54) is 6.26 Å². The van der Waals surface area contributed by atoms with E-state index in [4.69, 9.17) is 10.2 Å². The molecule has 2 aromatic rings. The van der Waals surface area contributed by atoms with Crippen molar-refractivity contribution in [1.29, 1.82) is 0 Å². The van der Waals surface area contributed by atoms with Crippen molar-refractivity contribution in [3.05, 3.63) is 53.5 Å². The Morgan fingerprint density at radius 2 is 2.00 bits per heavy atom. The molecule has 2 rings (SSSR count). The van der Waals surface area contributed by atoms with Crippen molar-refractivity contribution < 1.29 is 9.21 Å². The molecule has 116 valence electrons. The van der Waals surface area contributed by atoms with Crippen molar-refractivity contribution in [2.24, 2.45) is 10.7 Å². The maximum atomic E-state index is 11.6. The molecule has 0 saturated carbocycles. The van der Waals surface area contributed by atoms with Crippen LogP contribution in [0.4, 0.5) is 5.69 Å². The number of rotatable bonds is 5. The van der Waals surface area contributed by atoms with Gasteiger partial charge in [-0.05, 0) is 49.2 Å². The molecular formula is C16H20N4O2. The van der Waals surface area contributed by atoms with Gasteiger partial charge in [-0.1, -0.05) is 6.07 Å². The van der Waals surface area contributed by atoms with E-state index >= 15 is 0 Å². The summed E-state index contributed by atoms with van der Waals surface area (Å²) in [5.74, 6) is 0.337. The monoisotopic (exact) mass is 300 g/mol. The summed E-state index contributed by atoms with van der Waals surface area (Å²) < 4.78 is 4.99. The van der Waals surface area contributed by atoms with Crippen LogP contribution in [-0.4, -0.2) is 25.0 Å². The minimum atomic E-state index is -0.263. The zero-order valence-electron chi connectivity index (χ0n) is 12.7. The molecule has 0 radical (unpaired) electrons. The molecule has 0 saturated heterocycles. The highest BCUT2D eigenvalue weighted by Gasteiger charge is 2.06. The fraction of sp³-hybridized carbons (Fsp3) is 0.250. The van der Waals surface area contributed by atoms with Crippen molar-refractivity contribution in [3.8, 4) is 0 Å². The molecule has 22 heavy (non-hydrogen) atoms. The molecule has 0 unspecified atom stereocenters. The summed E-state index contributed by atoms with van der Waals surface area (Å²) in [5, 5.41) is 5.74. The highest BCUT2D eigenvalue weighted by Crippen LogP contribution is 2.13. The van der Waals surface area contributed by atoms with E-state index in [1.807, 2.05) is 26.0 Å². The lowest BCUT2D eigenvalue weighted by Gasteiger charge is -2.08. The third kappa shape index (κ3) is 4.66. The summed E-state index contributed by atoms with van der Waals surface area (Å²) in [5.41, 5.74) is 9.03. The Kier molecular flexibility index (Phi) is 5.19. The van der Waals surface area contributed by atoms with Crippen LogP contribution in [0, 0.1) is 13.8 Å². The maximum absolute atomic E-state index is 11.6. The predicted octanol–water partition coefficient (Wildman–Crippen LogP) is 2.05. The molecule has 6 nitrogen and oxygen atoms in total. The van der Waals surface area contributed by atoms with Gasteiger partial charge in [-0.2, -0.15) is 0 Å². The third-order valence-electron chi connectivity index (χ3n) is 2.92. The number of anilines is 1. The molecule has 1 amide bonds. The quantitative estimate of drug-likeness (QED) is 0.447. The molecular weight excluding hydrogens is 280 g/mol. The van der Waals surface area contributed by atoms with Gasteiger partial charge in [0.2, 0.25) is 0 Å². The number of amides is 1. The number of hydrogen-bond donors (Lipinski definition) is 3. The number of furan rings is 1. The number of nitrogens with one attached hydrogen (secondary N) is 2. The van der Waals surface area contributed by atoms with Crippen molar-refractivity contribution in [2.45, 2.75) is 13.8 Å². The molecule has 1 aromatic carbocycles. The van der Waals surface area contributed by atoms with E-state index < -0.39 is 0 Å². The van der Waals surface area contributed by atoms with Crippen LogP contribution in [0.25, 0.3) is 0 Å². The Bertz CT molecular complexity index is 643. The van der Waals surface area contributed by atoms with E-state index in [0.29, 0.717) is 19.0 Å². The average molecular weight is 300 g/mol. The smallest absolute Gasteiger partial charge is 0.287 e. The van der Waals surface area contributed by atoms with Gasteiger partial charge in [-0.25, -0.2) is 0 Å². The molecule has 0 fully saturated rings. The van der Waals surface area contributed by atoms with Gasteiger partial charge in [0.15, 0.2) is 11.7 Å². The van der Waals surface area contributed by atoms with Crippen LogP contribution in [0.15, 0.2) is 46.0 Å². The zero-order valence-corrected chi connectivity index (χ0v) is 12.7. The van der Waals surface area contributed by atoms with Crippen molar-refractivity contribution in [2.75, 3.05) is 18.4 Å². The summed E-state index contributed by atoms with van der Waals surface area (Å²) in [6.07, 6.45) is 1.46. The number of aliphatic imine (C=N–C) groups is 1. The van der Waals surface area contributed by atoms with Gasteiger partial charge in [0.25, 0.3) is 5.91 Å². The minimum Gasteiger partial charge on any atom is -0.459 e. The van der Waals surface area contributed by atoms with E-state index in [2.05, 4.69) is 21.7 Å². The molecule has 1 heterocycles. The van der Waals surface area contributed by atoms with Gasteiger partial charge < -0.3 is 20.8 Å². The molecule has 0 aliphatic rings. The lowest BCUT2D eigenvalue weighted by Crippen LogP contribution is -2.28. The maximum Gasteiger partial charge on any atom is 0.287 e. The molecule has 1 aromatic heterocycles. The molecule has 0 spiro atoms. The van der Waals surface area contributed by atoms with Gasteiger partial charge in [0.05, 0.1) is 12.8 Å². The summed E-state index contributed by atoms with van der Waals surface area (Å²) in [7, 11) is 0. The van der Waals surface area contributed by atoms with Crippen LogP contribution in [0.1, 0.15) is 21.7 Å². The Hall–Kier alpha value is -2.76. The van der Waals surface area contributed by atoms with Crippen LogP contribution in [0.5, 0.6) is 0 Å². The van der Waals surface area contributed by atoms with Gasteiger partial charge in [-0.3, -0.25) is 9.79 Å². The first-order valence-electron chi connectivity index (χ1n) is 7.01. The van der Waals surface area contributed by atoms with Gasteiger partial charge in [0.1, 0.15) is 0 Å². The predicted molar refractivity (Wildman–Crippen MR) is 87.1 cm³/mol. The fourth-order valence-corrected chi connectivity index (χ4v) is 2.07. The van der Waals surface area contributed by atoms with Crippen LogP contribution in [0.2, 0.25) is 0 Å². The molecule has 4 N–H and O–H groups in total. The molecule has 0 atom stereocenters. The SMILES string of the molecule is Cc1cc(C)cc(NC(N)=NCCNC(=O)c2ccco2)c1. The number of benzene rings is 1. The van der Waals surface area contributed by atoms with Gasteiger partial charge >= 0.3 is 0 Å². The fourth-order valence-electron chi connectivity index (χ4n) is 2.07.